The van der Waals surface area contributed by atoms with Gasteiger partial charge in [0.15, 0.2) is 0 Å². The van der Waals surface area contributed by atoms with Crippen molar-refractivity contribution in [2.45, 2.75) is 38.1 Å². The second kappa shape index (κ2) is 5.11. The molecule has 4 nitrogen and oxygen atoms in total. The Morgan fingerprint density at radius 2 is 2.26 bits per heavy atom. The van der Waals surface area contributed by atoms with E-state index < -0.39 is 5.97 Å². The summed E-state index contributed by atoms with van der Waals surface area (Å²) in [5.74, 6) is 0.135. The standard InChI is InChI=1S/C15H19NO3/c17-15(18)11-2-1-3-12(9-11)16-13-4-5-14-10(8-13)6-7-19-14/h4-5,8,11-12,16H,1-3,6-7,9H2,(H,17,18). The zero-order valence-electron chi connectivity index (χ0n) is 10.9. The van der Waals surface area contributed by atoms with Gasteiger partial charge in [0.2, 0.25) is 0 Å². The van der Waals surface area contributed by atoms with Crippen molar-refractivity contribution in [3.8, 4) is 5.75 Å². The molecule has 1 heterocycles. The molecule has 1 saturated carbocycles. The van der Waals surface area contributed by atoms with Crippen LogP contribution in [0.4, 0.5) is 5.69 Å². The van der Waals surface area contributed by atoms with Gasteiger partial charge in [-0.15, -0.1) is 0 Å². The lowest BCUT2D eigenvalue weighted by Gasteiger charge is -2.28. The average Bonchev–Trinajstić information content (AvgIpc) is 2.86. The third-order valence-corrected chi connectivity index (χ3v) is 4.08. The lowest BCUT2D eigenvalue weighted by molar-refractivity contribution is -0.142. The molecule has 0 aromatic heterocycles. The van der Waals surface area contributed by atoms with Gasteiger partial charge in [-0.05, 0) is 43.0 Å². The van der Waals surface area contributed by atoms with E-state index in [0.29, 0.717) is 0 Å². The van der Waals surface area contributed by atoms with Crippen LogP contribution in [0, 0.1) is 5.92 Å². The molecular formula is C15H19NO3. The highest BCUT2D eigenvalue weighted by Gasteiger charge is 2.27. The lowest BCUT2D eigenvalue weighted by atomic mass is 9.85. The van der Waals surface area contributed by atoms with Gasteiger partial charge in [0.1, 0.15) is 5.75 Å². The molecule has 0 spiro atoms. The average molecular weight is 261 g/mol. The molecule has 2 aliphatic rings. The third kappa shape index (κ3) is 2.67. The van der Waals surface area contributed by atoms with Crippen molar-refractivity contribution in [1.29, 1.82) is 0 Å². The molecule has 2 atom stereocenters. The lowest BCUT2D eigenvalue weighted by Crippen LogP contribution is -2.30. The molecule has 19 heavy (non-hydrogen) atoms. The summed E-state index contributed by atoms with van der Waals surface area (Å²) in [6.45, 7) is 0.767. The number of anilines is 1. The van der Waals surface area contributed by atoms with E-state index in [-0.39, 0.29) is 12.0 Å². The van der Waals surface area contributed by atoms with Crippen molar-refractivity contribution >= 4 is 11.7 Å². The van der Waals surface area contributed by atoms with Gasteiger partial charge < -0.3 is 15.2 Å². The van der Waals surface area contributed by atoms with E-state index in [4.69, 9.17) is 9.84 Å². The van der Waals surface area contributed by atoms with Gasteiger partial charge in [0.05, 0.1) is 12.5 Å². The summed E-state index contributed by atoms with van der Waals surface area (Å²) >= 11 is 0. The maximum Gasteiger partial charge on any atom is 0.306 e. The van der Waals surface area contributed by atoms with E-state index >= 15 is 0 Å². The summed E-state index contributed by atoms with van der Waals surface area (Å²) < 4.78 is 5.49. The molecule has 1 aromatic carbocycles. The molecule has 0 radical (unpaired) electrons. The maximum absolute atomic E-state index is 11.1. The molecule has 4 heteroatoms. The first kappa shape index (κ1) is 12.3. The molecule has 0 bridgehead atoms. The Morgan fingerprint density at radius 1 is 1.37 bits per heavy atom. The van der Waals surface area contributed by atoms with Crippen LogP contribution < -0.4 is 10.1 Å². The predicted molar refractivity (Wildman–Crippen MR) is 72.6 cm³/mol. The normalized spacial score (nSPS) is 25.5. The van der Waals surface area contributed by atoms with Crippen LogP contribution in [0.25, 0.3) is 0 Å². The predicted octanol–water partition coefficient (Wildman–Crippen LogP) is 2.68. The Balaban J connectivity index is 1.66. The van der Waals surface area contributed by atoms with Gasteiger partial charge >= 0.3 is 5.97 Å². The van der Waals surface area contributed by atoms with Crippen LogP contribution in [-0.2, 0) is 11.2 Å². The highest BCUT2D eigenvalue weighted by atomic mass is 16.5. The van der Waals surface area contributed by atoms with Crippen molar-refractivity contribution in [3.05, 3.63) is 23.8 Å². The summed E-state index contributed by atoms with van der Waals surface area (Å²) in [6.07, 6.45) is 4.54. The molecule has 1 aliphatic carbocycles. The Kier molecular flexibility index (Phi) is 3.32. The Labute approximate surface area is 112 Å². The van der Waals surface area contributed by atoms with Crippen LogP contribution in [0.2, 0.25) is 0 Å². The van der Waals surface area contributed by atoms with Crippen molar-refractivity contribution < 1.29 is 14.6 Å². The molecule has 0 saturated heterocycles. The molecule has 102 valence electrons. The topological polar surface area (TPSA) is 58.6 Å². The second-order valence-corrected chi connectivity index (χ2v) is 5.46. The second-order valence-electron chi connectivity index (χ2n) is 5.46. The Morgan fingerprint density at radius 3 is 3.11 bits per heavy atom. The minimum Gasteiger partial charge on any atom is -0.493 e. The van der Waals surface area contributed by atoms with E-state index in [1.54, 1.807) is 0 Å². The zero-order valence-corrected chi connectivity index (χ0v) is 10.9. The van der Waals surface area contributed by atoms with E-state index in [9.17, 15) is 4.79 Å². The fourth-order valence-corrected chi connectivity index (χ4v) is 3.06. The molecular weight excluding hydrogens is 242 g/mol. The first-order valence-corrected chi connectivity index (χ1v) is 6.97. The van der Waals surface area contributed by atoms with Gasteiger partial charge in [0, 0.05) is 18.2 Å². The Hall–Kier alpha value is -1.71. The van der Waals surface area contributed by atoms with Crippen molar-refractivity contribution in [1.82, 2.24) is 0 Å². The van der Waals surface area contributed by atoms with Gasteiger partial charge in [-0.25, -0.2) is 0 Å². The fraction of sp³-hybridized carbons (Fsp3) is 0.533. The van der Waals surface area contributed by atoms with Crippen LogP contribution in [-0.4, -0.2) is 23.7 Å². The minimum absolute atomic E-state index is 0.191. The van der Waals surface area contributed by atoms with E-state index in [0.717, 1.165) is 50.1 Å². The summed E-state index contributed by atoms with van der Waals surface area (Å²) in [7, 11) is 0. The molecule has 0 amide bonds. The number of hydrogen-bond donors (Lipinski definition) is 2. The molecule has 3 rings (SSSR count). The number of ether oxygens (including phenoxy) is 1. The summed E-state index contributed by atoms with van der Waals surface area (Å²) in [5, 5.41) is 12.6. The molecule has 2 unspecified atom stereocenters. The number of benzene rings is 1. The number of carbonyl (C=O) groups is 1. The summed E-state index contributed by atoms with van der Waals surface area (Å²) in [6, 6.07) is 6.43. The highest BCUT2D eigenvalue weighted by Crippen LogP contribution is 2.31. The minimum atomic E-state index is -0.658. The maximum atomic E-state index is 11.1. The number of aliphatic carboxylic acids is 1. The van der Waals surface area contributed by atoms with E-state index in [1.165, 1.54) is 5.56 Å². The van der Waals surface area contributed by atoms with E-state index in [2.05, 4.69) is 11.4 Å². The Bertz CT molecular complexity index is 486. The van der Waals surface area contributed by atoms with Gasteiger partial charge in [-0.3, -0.25) is 4.79 Å². The van der Waals surface area contributed by atoms with Crippen molar-refractivity contribution in [2.75, 3.05) is 11.9 Å². The van der Waals surface area contributed by atoms with Gasteiger partial charge in [-0.2, -0.15) is 0 Å². The first-order valence-electron chi connectivity index (χ1n) is 6.97. The highest BCUT2D eigenvalue weighted by molar-refractivity contribution is 5.70. The fourth-order valence-electron chi connectivity index (χ4n) is 3.06. The third-order valence-electron chi connectivity index (χ3n) is 4.08. The van der Waals surface area contributed by atoms with Crippen LogP contribution in [0.5, 0.6) is 5.75 Å². The van der Waals surface area contributed by atoms with Crippen LogP contribution in [0.15, 0.2) is 18.2 Å². The summed E-state index contributed by atoms with van der Waals surface area (Å²) in [5.41, 5.74) is 2.33. The van der Waals surface area contributed by atoms with Crippen molar-refractivity contribution in [3.63, 3.8) is 0 Å². The zero-order chi connectivity index (χ0) is 13.2. The SMILES string of the molecule is O=C(O)C1CCCC(Nc2ccc3c(c2)CCO3)C1. The largest absolute Gasteiger partial charge is 0.493 e. The number of hydrogen-bond acceptors (Lipinski definition) is 3. The molecule has 1 aliphatic heterocycles. The number of carboxylic acid groups (broad SMARTS) is 1. The smallest absolute Gasteiger partial charge is 0.306 e. The van der Waals surface area contributed by atoms with Crippen LogP contribution in [0.3, 0.4) is 0 Å². The van der Waals surface area contributed by atoms with Crippen LogP contribution in [0.1, 0.15) is 31.2 Å². The quantitative estimate of drug-likeness (QED) is 0.878. The number of fused-ring (bicyclic) bond motifs is 1. The molecule has 1 fully saturated rings. The van der Waals surface area contributed by atoms with Gasteiger partial charge in [-0.1, -0.05) is 6.42 Å². The number of nitrogens with one attached hydrogen (secondary N) is 1. The van der Waals surface area contributed by atoms with Gasteiger partial charge in [0.25, 0.3) is 0 Å². The molecule has 1 aromatic rings. The number of rotatable bonds is 3. The van der Waals surface area contributed by atoms with Crippen molar-refractivity contribution in [2.24, 2.45) is 5.92 Å². The molecule has 2 N–H and O–H groups in total. The van der Waals surface area contributed by atoms with E-state index in [1.807, 2.05) is 12.1 Å². The first-order chi connectivity index (χ1) is 9.22. The van der Waals surface area contributed by atoms with Crippen LogP contribution >= 0.6 is 0 Å². The monoisotopic (exact) mass is 261 g/mol. The summed E-state index contributed by atoms with van der Waals surface area (Å²) in [4.78, 5) is 11.1. The number of carboxylic acids is 1.